The van der Waals surface area contributed by atoms with Gasteiger partial charge in [0.1, 0.15) is 0 Å². The molecule has 18 heavy (non-hydrogen) atoms. The second-order valence-electron chi connectivity index (χ2n) is 5.05. The summed E-state index contributed by atoms with van der Waals surface area (Å²) in [5.74, 6) is 0.543. The lowest BCUT2D eigenvalue weighted by atomic mass is 10.0. The van der Waals surface area contributed by atoms with E-state index in [0.717, 1.165) is 6.42 Å². The number of hydrogen-bond donors (Lipinski definition) is 1. The van der Waals surface area contributed by atoms with Crippen molar-refractivity contribution in [1.82, 2.24) is 0 Å². The second-order valence-corrected chi connectivity index (χ2v) is 7.15. The molecule has 0 unspecified atom stereocenters. The van der Waals surface area contributed by atoms with Crippen LogP contribution in [0.2, 0.25) is 0 Å². The van der Waals surface area contributed by atoms with Crippen molar-refractivity contribution in [2.24, 2.45) is 5.92 Å². The Kier molecular flexibility index (Phi) is 5.82. The minimum Gasteiger partial charge on any atom is -0.393 e. The highest BCUT2D eigenvalue weighted by molar-refractivity contribution is 7.91. The van der Waals surface area contributed by atoms with E-state index in [0.29, 0.717) is 23.7 Å². The van der Waals surface area contributed by atoms with Crippen LogP contribution in [0.25, 0.3) is 0 Å². The van der Waals surface area contributed by atoms with Crippen LogP contribution in [0, 0.1) is 5.92 Å². The van der Waals surface area contributed by atoms with Gasteiger partial charge in [-0.3, -0.25) is 0 Å². The van der Waals surface area contributed by atoms with E-state index in [-0.39, 0.29) is 5.75 Å². The lowest BCUT2D eigenvalue weighted by Gasteiger charge is -2.12. The monoisotopic (exact) mass is 270 g/mol. The van der Waals surface area contributed by atoms with Crippen LogP contribution in [0.5, 0.6) is 0 Å². The summed E-state index contributed by atoms with van der Waals surface area (Å²) >= 11 is 0. The maximum absolute atomic E-state index is 12.0. The Labute approximate surface area is 110 Å². The van der Waals surface area contributed by atoms with Crippen molar-refractivity contribution in [3.8, 4) is 0 Å². The van der Waals surface area contributed by atoms with Crippen molar-refractivity contribution >= 4 is 9.84 Å². The van der Waals surface area contributed by atoms with Gasteiger partial charge in [-0.15, -0.1) is 0 Å². The van der Waals surface area contributed by atoms with E-state index in [1.165, 1.54) is 0 Å². The standard InChI is InChI=1S/C14H22O3S/c1-12(2)8-9-13(15)10-11-18(16,17)14-6-4-3-5-7-14/h3-7,12-13,15H,8-11H2,1-2H3/t13-/m0/s1. The fraction of sp³-hybridized carbons (Fsp3) is 0.571. The number of aliphatic hydroxyl groups excluding tert-OH is 1. The van der Waals surface area contributed by atoms with Crippen LogP contribution in [0.3, 0.4) is 0 Å². The first-order valence-electron chi connectivity index (χ1n) is 6.37. The first-order chi connectivity index (χ1) is 8.42. The molecule has 0 saturated carbocycles. The largest absolute Gasteiger partial charge is 0.393 e. The molecule has 1 atom stereocenters. The molecule has 0 bridgehead atoms. The Balaban J connectivity index is 2.48. The summed E-state index contributed by atoms with van der Waals surface area (Å²) in [6, 6.07) is 8.40. The molecule has 0 radical (unpaired) electrons. The molecule has 0 aliphatic carbocycles. The summed E-state index contributed by atoms with van der Waals surface area (Å²) in [7, 11) is -3.25. The summed E-state index contributed by atoms with van der Waals surface area (Å²) in [5, 5.41) is 9.74. The lowest BCUT2D eigenvalue weighted by Crippen LogP contribution is -2.15. The molecular formula is C14H22O3S. The molecule has 0 spiro atoms. The Morgan fingerprint density at radius 3 is 2.22 bits per heavy atom. The third-order valence-corrected chi connectivity index (χ3v) is 4.66. The van der Waals surface area contributed by atoms with E-state index >= 15 is 0 Å². The average molecular weight is 270 g/mol. The van der Waals surface area contributed by atoms with Crippen LogP contribution in [0.4, 0.5) is 0 Å². The SMILES string of the molecule is CC(C)CC[C@H](O)CCS(=O)(=O)c1ccccc1. The molecule has 0 aliphatic heterocycles. The molecular weight excluding hydrogens is 248 g/mol. The van der Waals surface area contributed by atoms with Crippen molar-refractivity contribution in [3.63, 3.8) is 0 Å². The number of hydrogen-bond acceptors (Lipinski definition) is 3. The van der Waals surface area contributed by atoms with Crippen LogP contribution in [-0.4, -0.2) is 25.4 Å². The van der Waals surface area contributed by atoms with E-state index in [4.69, 9.17) is 0 Å². The minimum absolute atomic E-state index is 0.0102. The smallest absolute Gasteiger partial charge is 0.178 e. The van der Waals surface area contributed by atoms with Crippen LogP contribution in [-0.2, 0) is 9.84 Å². The van der Waals surface area contributed by atoms with E-state index in [2.05, 4.69) is 13.8 Å². The maximum atomic E-state index is 12.0. The van der Waals surface area contributed by atoms with Gasteiger partial charge in [-0.2, -0.15) is 0 Å². The van der Waals surface area contributed by atoms with Crippen LogP contribution in [0.15, 0.2) is 35.2 Å². The number of rotatable bonds is 7. The van der Waals surface area contributed by atoms with Crippen LogP contribution < -0.4 is 0 Å². The van der Waals surface area contributed by atoms with Crippen molar-refractivity contribution in [3.05, 3.63) is 30.3 Å². The van der Waals surface area contributed by atoms with E-state index in [1.54, 1.807) is 30.3 Å². The summed E-state index contributed by atoms with van der Waals surface area (Å²) in [4.78, 5) is 0.334. The van der Waals surface area contributed by atoms with Crippen molar-refractivity contribution in [2.75, 3.05) is 5.75 Å². The summed E-state index contributed by atoms with van der Waals surface area (Å²) in [6.07, 6.45) is 1.38. The highest BCUT2D eigenvalue weighted by Gasteiger charge is 2.16. The van der Waals surface area contributed by atoms with Gasteiger partial charge in [-0.1, -0.05) is 32.0 Å². The summed E-state index contributed by atoms with van der Waals surface area (Å²) in [5.41, 5.74) is 0. The van der Waals surface area contributed by atoms with Gasteiger partial charge in [0.05, 0.1) is 16.8 Å². The van der Waals surface area contributed by atoms with Gasteiger partial charge in [0.15, 0.2) is 9.84 Å². The molecule has 0 heterocycles. The number of benzene rings is 1. The Morgan fingerprint density at radius 1 is 1.06 bits per heavy atom. The number of aliphatic hydroxyl groups is 1. The summed E-state index contributed by atoms with van der Waals surface area (Å²) < 4.78 is 23.9. The molecule has 4 heteroatoms. The van der Waals surface area contributed by atoms with Crippen molar-refractivity contribution in [2.45, 2.75) is 44.1 Å². The highest BCUT2D eigenvalue weighted by Crippen LogP contribution is 2.14. The fourth-order valence-corrected chi connectivity index (χ4v) is 3.10. The van der Waals surface area contributed by atoms with Gasteiger partial charge in [0, 0.05) is 0 Å². The molecule has 0 saturated heterocycles. The summed E-state index contributed by atoms with van der Waals surface area (Å²) in [6.45, 7) is 4.18. The molecule has 102 valence electrons. The predicted octanol–water partition coefficient (Wildman–Crippen LogP) is 2.65. The topological polar surface area (TPSA) is 54.4 Å². The maximum Gasteiger partial charge on any atom is 0.178 e. The molecule has 0 fully saturated rings. The molecule has 1 aromatic carbocycles. The van der Waals surface area contributed by atoms with E-state index in [9.17, 15) is 13.5 Å². The molecule has 1 N–H and O–H groups in total. The van der Waals surface area contributed by atoms with Gasteiger partial charge in [0.25, 0.3) is 0 Å². The molecule has 1 rings (SSSR count). The fourth-order valence-electron chi connectivity index (χ4n) is 1.71. The average Bonchev–Trinajstić information content (AvgIpc) is 2.35. The normalized spacial score (nSPS) is 13.8. The Hall–Kier alpha value is -0.870. The van der Waals surface area contributed by atoms with E-state index in [1.807, 2.05) is 0 Å². The van der Waals surface area contributed by atoms with Crippen LogP contribution >= 0.6 is 0 Å². The Morgan fingerprint density at radius 2 is 1.67 bits per heavy atom. The molecule has 0 amide bonds. The first-order valence-corrected chi connectivity index (χ1v) is 8.03. The third kappa shape index (κ3) is 5.19. The van der Waals surface area contributed by atoms with E-state index < -0.39 is 15.9 Å². The molecule has 3 nitrogen and oxygen atoms in total. The van der Waals surface area contributed by atoms with Crippen molar-refractivity contribution in [1.29, 1.82) is 0 Å². The zero-order valence-corrected chi connectivity index (χ0v) is 11.9. The van der Waals surface area contributed by atoms with Gasteiger partial charge >= 0.3 is 0 Å². The zero-order chi connectivity index (χ0) is 13.6. The zero-order valence-electron chi connectivity index (χ0n) is 11.0. The van der Waals surface area contributed by atoms with Crippen molar-refractivity contribution < 1.29 is 13.5 Å². The first kappa shape index (κ1) is 15.2. The number of sulfone groups is 1. The van der Waals surface area contributed by atoms with Gasteiger partial charge < -0.3 is 5.11 Å². The van der Waals surface area contributed by atoms with Crippen LogP contribution in [0.1, 0.15) is 33.1 Å². The molecule has 0 aromatic heterocycles. The van der Waals surface area contributed by atoms with Gasteiger partial charge in [-0.25, -0.2) is 8.42 Å². The molecule has 1 aromatic rings. The highest BCUT2D eigenvalue weighted by atomic mass is 32.2. The minimum atomic E-state index is -3.25. The second kappa shape index (κ2) is 6.90. The molecule has 0 aliphatic rings. The Bertz CT molecular complexity index is 437. The quantitative estimate of drug-likeness (QED) is 0.828. The predicted molar refractivity (Wildman–Crippen MR) is 73.2 cm³/mol. The lowest BCUT2D eigenvalue weighted by molar-refractivity contribution is 0.153. The van der Waals surface area contributed by atoms with Gasteiger partial charge in [-0.05, 0) is 37.3 Å². The van der Waals surface area contributed by atoms with Gasteiger partial charge in [0.2, 0.25) is 0 Å². The third-order valence-electron chi connectivity index (χ3n) is 2.90.